The van der Waals surface area contributed by atoms with Crippen LogP contribution in [-0.4, -0.2) is 19.8 Å². The summed E-state index contributed by atoms with van der Waals surface area (Å²) in [5, 5.41) is 4.30. The molecule has 0 aromatic heterocycles. The minimum atomic E-state index is 0.218. The Balaban J connectivity index is 2.71. The van der Waals surface area contributed by atoms with Crippen LogP contribution in [0.25, 0.3) is 0 Å². The molecule has 0 saturated carbocycles. The van der Waals surface area contributed by atoms with Crippen LogP contribution in [0.3, 0.4) is 0 Å². The Hall–Kier alpha value is -0.0900. The Morgan fingerprint density at radius 3 is 2.71 bits per heavy atom. The molecule has 0 bridgehead atoms. The Kier molecular flexibility index (Phi) is 6.49. The number of nitrogens with one attached hydrogen (secondary N) is 1. The highest BCUT2D eigenvalue weighted by atomic mass is 79.9. The fourth-order valence-corrected chi connectivity index (χ4v) is 2.62. The van der Waals surface area contributed by atoms with E-state index in [9.17, 15) is 0 Å². The summed E-state index contributed by atoms with van der Waals surface area (Å²) in [6, 6.07) is 6.55. The van der Waals surface area contributed by atoms with E-state index in [1.165, 1.54) is 0 Å². The number of benzene rings is 1. The smallest absolute Gasteiger partial charge is 0.0615 e. The van der Waals surface area contributed by atoms with Crippen molar-refractivity contribution in [3.8, 4) is 0 Å². The Bertz CT molecular complexity index is 359. The largest absolute Gasteiger partial charge is 0.383 e. The summed E-state index contributed by atoms with van der Waals surface area (Å²) in [4.78, 5) is 0. The minimum Gasteiger partial charge on any atom is -0.383 e. The van der Waals surface area contributed by atoms with Crippen molar-refractivity contribution in [1.29, 1.82) is 0 Å². The summed E-state index contributed by atoms with van der Waals surface area (Å²) in [6.45, 7) is 4.98. The van der Waals surface area contributed by atoms with E-state index in [1.807, 2.05) is 18.2 Å². The van der Waals surface area contributed by atoms with E-state index >= 15 is 0 Å². The Morgan fingerprint density at radius 2 is 2.18 bits per heavy atom. The van der Waals surface area contributed by atoms with Gasteiger partial charge in [-0.2, -0.15) is 0 Å². The van der Waals surface area contributed by atoms with Gasteiger partial charge < -0.3 is 10.1 Å². The summed E-state index contributed by atoms with van der Waals surface area (Å²) >= 11 is 9.64. The molecule has 0 saturated heterocycles. The maximum Gasteiger partial charge on any atom is 0.0615 e. The molecule has 0 spiro atoms. The molecule has 0 fully saturated rings. The van der Waals surface area contributed by atoms with Gasteiger partial charge in [-0.1, -0.05) is 40.5 Å². The van der Waals surface area contributed by atoms with Gasteiger partial charge in [-0.3, -0.25) is 0 Å². The molecule has 0 aliphatic carbocycles. The average Bonchev–Trinajstić information content (AvgIpc) is 2.28. The van der Waals surface area contributed by atoms with Gasteiger partial charge in [-0.25, -0.2) is 0 Å². The number of hydrogen-bond donors (Lipinski definition) is 1. The second-order valence-corrected chi connectivity index (χ2v) is 5.44. The second-order valence-electron chi connectivity index (χ2n) is 4.11. The number of methoxy groups -OCH3 is 1. The predicted octanol–water partition coefficient (Wildman–Crippen LogP) is 4.18. The van der Waals surface area contributed by atoms with Crippen LogP contribution in [0.1, 0.15) is 31.9 Å². The van der Waals surface area contributed by atoms with E-state index in [0.29, 0.717) is 6.04 Å². The van der Waals surface area contributed by atoms with Gasteiger partial charge in [-0.15, -0.1) is 0 Å². The first-order valence-corrected chi connectivity index (χ1v) is 6.95. The van der Waals surface area contributed by atoms with Crippen LogP contribution in [0.4, 0.5) is 0 Å². The maximum atomic E-state index is 6.23. The van der Waals surface area contributed by atoms with Crippen molar-refractivity contribution in [1.82, 2.24) is 5.32 Å². The fourth-order valence-electron chi connectivity index (χ4n) is 1.78. The monoisotopic (exact) mass is 319 g/mol. The molecule has 1 rings (SSSR count). The highest BCUT2D eigenvalue weighted by Crippen LogP contribution is 2.26. The van der Waals surface area contributed by atoms with E-state index in [0.717, 1.165) is 28.1 Å². The van der Waals surface area contributed by atoms with Crippen molar-refractivity contribution >= 4 is 27.5 Å². The normalized spacial score (nSPS) is 14.6. The highest BCUT2D eigenvalue weighted by Gasteiger charge is 2.14. The highest BCUT2D eigenvalue weighted by molar-refractivity contribution is 9.10. The summed E-state index contributed by atoms with van der Waals surface area (Å²) in [6.07, 6.45) is 1.03. The van der Waals surface area contributed by atoms with Crippen molar-refractivity contribution in [2.45, 2.75) is 32.4 Å². The molecule has 0 aliphatic rings. The van der Waals surface area contributed by atoms with Gasteiger partial charge >= 0.3 is 0 Å². The first-order valence-electron chi connectivity index (χ1n) is 5.78. The maximum absolute atomic E-state index is 6.23. The zero-order valence-corrected chi connectivity index (χ0v) is 12.8. The average molecular weight is 321 g/mol. The van der Waals surface area contributed by atoms with Crippen molar-refractivity contribution in [2.75, 3.05) is 13.7 Å². The molecular weight excluding hydrogens is 302 g/mol. The molecule has 2 unspecified atom stereocenters. The molecule has 1 N–H and O–H groups in total. The third kappa shape index (κ3) is 4.59. The quantitative estimate of drug-likeness (QED) is 0.849. The van der Waals surface area contributed by atoms with Crippen LogP contribution >= 0.6 is 27.5 Å². The van der Waals surface area contributed by atoms with Crippen LogP contribution in [0.5, 0.6) is 0 Å². The van der Waals surface area contributed by atoms with Gasteiger partial charge in [0.1, 0.15) is 0 Å². The van der Waals surface area contributed by atoms with Gasteiger partial charge in [0, 0.05) is 28.7 Å². The van der Waals surface area contributed by atoms with Crippen LogP contribution in [0.15, 0.2) is 22.7 Å². The van der Waals surface area contributed by atoms with E-state index in [1.54, 1.807) is 7.11 Å². The third-order valence-corrected chi connectivity index (χ3v) is 3.60. The SMILES string of the molecule is CCC(COC)NC(C)c1ccc(Br)cc1Cl. The van der Waals surface area contributed by atoms with Gasteiger partial charge in [0.25, 0.3) is 0 Å². The topological polar surface area (TPSA) is 21.3 Å². The lowest BCUT2D eigenvalue weighted by Crippen LogP contribution is -2.34. The van der Waals surface area contributed by atoms with E-state index < -0.39 is 0 Å². The van der Waals surface area contributed by atoms with E-state index in [2.05, 4.69) is 35.1 Å². The molecule has 1 aromatic carbocycles. The first-order chi connectivity index (χ1) is 8.08. The van der Waals surface area contributed by atoms with E-state index in [4.69, 9.17) is 16.3 Å². The summed E-state index contributed by atoms with van der Waals surface area (Å²) in [7, 11) is 1.72. The van der Waals surface area contributed by atoms with Crippen molar-refractivity contribution in [2.24, 2.45) is 0 Å². The number of hydrogen-bond acceptors (Lipinski definition) is 2. The van der Waals surface area contributed by atoms with Crippen LogP contribution < -0.4 is 5.32 Å². The van der Waals surface area contributed by atoms with Crippen molar-refractivity contribution in [3.63, 3.8) is 0 Å². The molecule has 0 radical (unpaired) electrons. The van der Waals surface area contributed by atoms with Crippen molar-refractivity contribution in [3.05, 3.63) is 33.3 Å². The van der Waals surface area contributed by atoms with Gasteiger partial charge in [0.2, 0.25) is 0 Å². The third-order valence-electron chi connectivity index (χ3n) is 2.78. The number of rotatable bonds is 6. The predicted molar refractivity (Wildman–Crippen MR) is 76.7 cm³/mol. The lowest BCUT2D eigenvalue weighted by Gasteiger charge is -2.22. The summed E-state index contributed by atoms with van der Waals surface area (Å²) in [5.41, 5.74) is 1.12. The zero-order valence-electron chi connectivity index (χ0n) is 10.5. The second kappa shape index (κ2) is 7.37. The molecule has 4 heteroatoms. The van der Waals surface area contributed by atoms with Crippen LogP contribution in [-0.2, 0) is 4.74 Å². The molecular formula is C13H19BrClNO. The minimum absolute atomic E-state index is 0.218. The standard InChI is InChI=1S/C13H19BrClNO/c1-4-11(8-17-3)16-9(2)12-6-5-10(14)7-13(12)15/h5-7,9,11,16H,4,8H2,1-3H3. The Morgan fingerprint density at radius 1 is 1.47 bits per heavy atom. The molecule has 1 aromatic rings. The van der Waals surface area contributed by atoms with Gasteiger partial charge in [0.15, 0.2) is 0 Å². The molecule has 0 heterocycles. The fraction of sp³-hybridized carbons (Fsp3) is 0.538. The first kappa shape index (κ1) is 15.0. The lowest BCUT2D eigenvalue weighted by atomic mass is 10.1. The lowest BCUT2D eigenvalue weighted by molar-refractivity contribution is 0.159. The molecule has 0 amide bonds. The Labute approximate surface area is 117 Å². The number of ether oxygens (including phenoxy) is 1. The molecule has 17 heavy (non-hydrogen) atoms. The van der Waals surface area contributed by atoms with E-state index in [-0.39, 0.29) is 6.04 Å². The van der Waals surface area contributed by atoms with Crippen LogP contribution in [0.2, 0.25) is 5.02 Å². The molecule has 0 aliphatic heterocycles. The summed E-state index contributed by atoms with van der Waals surface area (Å²) < 4.78 is 6.18. The summed E-state index contributed by atoms with van der Waals surface area (Å²) in [5.74, 6) is 0. The van der Waals surface area contributed by atoms with Gasteiger partial charge in [0.05, 0.1) is 6.61 Å². The zero-order chi connectivity index (χ0) is 12.8. The van der Waals surface area contributed by atoms with Crippen LogP contribution in [0, 0.1) is 0 Å². The molecule has 2 nitrogen and oxygen atoms in total. The van der Waals surface area contributed by atoms with Crippen molar-refractivity contribution < 1.29 is 4.74 Å². The molecule has 2 atom stereocenters. The molecule has 96 valence electrons. The van der Waals surface area contributed by atoms with Gasteiger partial charge in [-0.05, 0) is 31.0 Å². The number of halogens is 2.